The normalized spacial score (nSPS) is 17.5. The molecule has 18 heavy (non-hydrogen) atoms. The maximum Gasteiger partial charge on any atom is 0.400 e. The first-order chi connectivity index (χ1) is 8.46. The van der Waals surface area contributed by atoms with Gasteiger partial charge in [0.1, 0.15) is 0 Å². The Morgan fingerprint density at radius 3 is 2.50 bits per heavy atom. The van der Waals surface area contributed by atoms with Crippen LogP contribution in [0.2, 0.25) is 19.1 Å². The summed E-state index contributed by atoms with van der Waals surface area (Å²) in [6.45, 7) is 8.94. The topological polar surface area (TPSA) is 20.3 Å². The van der Waals surface area contributed by atoms with Gasteiger partial charge < -0.3 is 4.90 Å². The molecule has 4 heteroatoms. The second-order valence-corrected chi connectivity index (χ2v) is 10.9. The van der Waals surface area contributed by atoms with E-state index < -0.39 is 14.2 Å². The molecule has 1 saturated carbocycles. The molecule has 0 unspecified atom stereocenters. The van der Waals surface area contributed by atoms with Crippen LogP contribution in [0.5, 0.6) is 0 Å². The molecule has 1 aliphatic rings. The lowest BCUT2D eigenvalue weighted by Gasteiger charge is -2.32. The summed E-state index contributed by atoms with van der Waals surface area (Å²) in [5, 5.41) is 0. The van der Waals surface area contributed by atoms with Gasteiger partial charge in [-0.05, 0) is 19.3 Å². The second-order valence-electron chi connectivity index (χ2n) is 6.03. The molecular weight excluding hydrogens is 245 g/mol. The molecule has 0 N–H and O–H groups in total. The van der Waals surface area contributed by atoms with Gasteiger partial charge in [-0.2, -0.15) is 0 Å². The molecule has 2 nitrogen and oxygen atoms in total. The van der Waals surface area contributed by atoms with Crippen LogP contribution in [0, 0.1) is 0 Å². The van der Waals surface area contributed by atoms with Gasteiger partial charge in [0.05, 0.1) is 8.07 Å². The minimum atomic E-state index is -1.32. The summed E-state index contributed by atoms with van der Waals surface area (Å²) in [5.74, 6) is 0. The second kappa shape index (κ2) is 7.07. The van der Waals surface area contributed by atoms with Crippen molar-refractivity contribution in [1.82, 2.24) is 4.90 Å². The fourth-order valence-corrected chi connectivity index (χ4v) is 3.89. The minimum absolute atomic E-state index is 0.143. The lowest BCUT2D eigenvalue weighted by Crippen LogP contribution is -2.40. The Morgan fingerprint density at radius 1 is 1.39 bits per heavy atom. The van der Waals surface area contributed by atoms with Crippen molar-refractivity contribution in [2.75, 3.05) is 6.54 Å². The fraction of sp³-hybridized carbons (Fsp3) is 0.786. The van der Waals surface area contributed by atoms with Crippen LogP contribution in [-0.4, -0.2) is 31.7 Å². The summed E-state index contributed by atoms with van der Waals surface area (Å²) in [5.41, 5.74) is 2.06. The molecule has 0 aromatic heterocycles. The van der Waals surface area contributed by atoms with E-state index in [1.807, 2.05) is 0 Å². The maximum absolute atomic E-state index is 13.1. The third-order valence-electron chi connectivity index (χ3n) is 4.01. The first-order valence-electron chi connectivity index (χ1n) is 7.06. The fourth-order valence-electron chi connectivity index (χ4n) is 2.61. The van der Waals surface area contributed by atoms with Crippen molar-refractivity contribution < 1.29 is 9.18 Å². The zero-order valence-corrected chi connectivity index (χ0v) is 12.8. The highest BCUT2D eigenvalue weighted by atomic mass is 28.3. The van der Waals surface area contributed by atoms with Crippen LogP contribution in [0.1, 0.15) is 38.5 Å². The van der Waals surface area contributed by atoms with Crippen molar-refractivity contribution in [2.45, 2.75) is 63.7 Å². The van der Waals surface area contributed by atoms with E-state index in [0.717, 1.165) is 38.1 Å². The molecule has 104 valence electrons. The van der Waals surface area contributed by atoms with Gasteiger partial charge in [0.2, 0.25) is 0 Å². The van der Waals surface area contributed by atoms with Gasteiger partial charge >= 0.3 is 6.16 Å². The van der Waals surface area contributed by atoms with Crippen molar-refractivity contribution in [1.29, 1.82) is 0 Å². The SMILES string of the molecule is C=C[Si](C)(C)CCCN(C(=O)F)C1CCCCC1. The Labute approximate surface area is 111 Å². The quantitative estimate of drug-likeness (QED) is 0.395. The number of rotatable bonds is 6. The summed E-state index contributed by atoms with van der Waals surface area (Å²) >= 11 is 0. The molecule has 1 amide bonds. The van der Waals surface area contributed by atoms with E-state index in [1.54, 1.807) is 0 Å². The monoisotopic (exact) mass is 271 g/mol. The van der Waals surface area contributed by atoms with Crippen molar-refractivity contribution in [3.63, 3.8) is 0 Å². The van der Waals surface area contributed by atoms with E-state index in [4.69, 9.17) is 0 Å². The molecule has 0 atom stereocenters. The molecule has 0 saturated heterocycles. The van der Waals surface area contributed by atoms with Crippen LogP contribution in [0.15, 0.2) is 12.3 Å². The third-order valence-corrected chi connectivity index (χ3v) is 6.76. The van der Waals surface area contributed by atoms with E-state index in [9.17, 15) is 9.18 Å². The molecule has 0 aliphatic heterocycles. The van der Waals surface area contributed by atoms with Crippen LogP contribution in [0.4, 0.5) is 9.18 Å². The largest absolute Gasteiger partial charge is 0.400 e. The van der Waals surface area contributed by atoms with Crippen molar-refractivity contribution >= 4 is 14.2 Å². The number of carbonyl (C=O) groups excluding carboxylic acids is 1. The number of nitrogens with zero attached hydrogens (tertiary/aromatic N) is 1. The van der Waals surface area contributed by atoms with Crippen LogP contribution in [-0.2, 0) is 0 Å². The van der Waals surface area contributed by atoms with Crippen LogP contribution < -0.4 is 0 Å². The highest BCUT2D eigenvalue weighted by molar-refractivity contribution is 6.82. The maximum atomic E-state index is 13.1. The Hall–Kier alpha value is -0.643. The zero-order chi connectivity index (χ0) is 13.6. The minimum Gasteiger partial charge on any atom is -0.312 e. The molecule has 0 bridgehead atoms. The van der Waals surface area contributed by atoms with Gasteiger partial charge in [0, 0.05) is 12.6 Å². The van der Waals surface area contributed by atoms with Gasteiger partial charge in [-0.15, -0.1) is 16.7 Å². The Balaban J connectivity index is 2.43. The van der Waals surface area contributed by atoms with Crippen molar-refractivity contribution in [3.8, 4) is 0 Å². The van der Waals surface area contributed by atoms with Crippen LogP contribution >= 0.6 is 0 Å². The average Bonchev–Trinajstić information content (AvgIpc) is 2.35. The molecule has 1 fully saturated rings. The lowest BCUT2D eigenvalue weighted by atomic mass is 9.94. The van der Waals surface area contributed by atoms with Crippen LogP contribution in [0.25, 0.3) is 0 Å². The lowest BCUT2D eigenvalue weighted by molar-refractivity contribution is 0.135. The summed E-state index contributed by atoms with van der Waals surface area (Å²) in [6.07, 6.45) is 5.08. The van der Waals surface area contributed by atoms with E-state index in [-0.39, 0.29) is 6.04 Å². The summed E-state index contributed by atoms with van der Waals surface area (Å²) < 4.78 is 13.1. The molecule has 1 rings (SSSR count). The van der Waals surface area contributed by atoms with E-state index >= 15 is 0 Å². The molecule has 0 aromatic carbocycles. The number of carbonyl (C=O) groups is 1. The summed E-state index contributed by atoms with van der Waals surface area (Å²) in [6, 6.07) is 1.22. The molecular formula is C14H26FNOSi. The number of hydrogen-bond acceptors (Lipinski definition) is 1. The number of hydrogen-bond donors (Lipinski definition) is 0. The van der Waals surface area contributed by atoms with Gasteiger partial charge in [-0.3, -0.25) is 0 Å². The molecule has 0 heterocycles. The first-order valence-corrected chi connectivity index (χ1v) is 10.3. The Morgan fingerprint density at radius 2 is 2.00 bits per heavy atom. The average molecular weight is 271 g/mol. The number of amides is 1. The highest BCUT2D eigenvalue weighted by Crippen LogP contribution is 2.24. The molecule has 1 aliphatic carbocycles. The standard InChI is InChI=1S/C14H26FNOSi/c1-4-18(2,3)12-8-11-16(14(15)17)13-9-6-5-7-10-13/h4,13H,1,5-12H2,2-3H3. The van der Waals surface area contributed by atoms with Crippen molar-refractivity contribution in [2.24, 2.45) is 0 Å². The highest BCUT2D eigenvalue weighted by Gasteiger charge is 2.25. The van der Waals surface area contributed by atoms with E-state index in [0.29, 0.717) is 6.54 Å². The molecule has 0 aromatic rings. The van der Waals surface area contributed by atoms with E-state index in [2.05, 4.69) is 25.4 Å². The predicted octanol–water partition coefficient (Wildman–Crippen LogP) is 4.53. The van der Waals surface area contributed by atoms with E-state index in [1.165, 1.54) is 11.3 Å². The van der Waals surface area contributed by atoms with Gasteiger partial charge in [-0.25, -0.2) is 4.79 Å². The zero-order valence-electron chi connectivity index (χ0n) is 11.8. The third kappa shape index (κ3) is 4.92. The summed E-state index contributed by atoms with van der Waals surface area (Å²) in [4.78, 5) is 12.6. The summed E-state index contributed by atoms with van der Waals surface area (Å²) in [7, 11) is -1.32. The Bertz CT molecular complexity index is 288. The predicted molar refractivity (Wildman–Crippen MR) is 77.2 cm³/mol. The van der Waals surface area contributed by atoms with Crippen LogP contribution in [0.3, 0.4) is 0 Å². The van der Waals surface area contributed by atoms with Gasteiger partial charge in [-0.1, -0.05) is 38.4 Å². The van der Waals surface area contributed by atoms with Crippen molar-refractivity contribution in [3.05, 3.63) is 12.3 Å². The molecule has 0 spiro atoms. The number of halogens is 1. The first kappa shape index (κ1) is 15.4. The smallest absolute Gasteiger partial charge is 0.312 e. The van der Waals surface area contributed by atoms with Gasteiger partial charge in [0.25, 0.3) is 0 Å². The molecule has 0 radical (unpaired) electrons. The Kier molecular flexibility index (Phi) is 6.06. The van der Waals surface area contributed by atoms with Gasteiger partial charge in [0.15, 0.2) is 0 Å².